The van der Waals surface area contributed by atoms with Gasteiger partial charge in [0.05, 0.1) is 19.4 Å². The van der Waals surface area contributed by atoms with Gasteiger partial charge in [0.2, 0.25) is 0 Å². The van der Waals surface area contributed by atoms with E-state index >= 15 is 0 Å². The molecule has 0 amide bonds. The van der Waals surface area contributed by atoms with Crippen molar-refractivity contribution in [3.63, 3.8) is 0 Å². The van der Waals surface area contributed by atoms with Crippen LogP contribution in [0.15, 0.2) is 57.7 Å². The molecule has 3 aromatic heterocycles. The number of aliphatic hydroxyl groups excluding tert-OH is 2. The third kappa shape index (κ3) is 5.08. The number of thiophene rings is 1. The van der Waals surface area contributed by atoms with Gasteiger partial charge in [0.1, 0.15) is 24.0 Å². The molecule has 4 aromatic rings. The summed E-state index contributed by atoms with van der Waals surface area (Å²) in [6, 6.07) is 8.34. The van der Waals surface area contributed by atoms with Crippen molar-refractivity contribution < 1.29 is 34.0 Å². The molecule has 4 heterocycles. The van der Waals surface area contributed by atoms with Crippen LogP contribution in [-0.4, -0.2) is 69.5 Å². The molecular weight excluding hydrogens is 529 g/mol. The maximum atomic E-state index is 12.4. The Morgan fingerprint density at radius 3 is 2.73 bits per heavy atom. The fourth-order valence-electron chi connectivity index (χ4n) is 4.18. The van der Waals surface area contributed by atoms with Crippen LogP contribution in [0.3, 0.4) is 0 Å². The molecule has 1 unspecified atom stereocenters. The zero-order valence-corrected chi connectivity index (χ0v) is 20.6. The standard InChI is InChI=1S/C21H22N5O9PS/c27-16-5-6-25(21(30)22-16)19-18(29)17(28)14(35-19)9-34-8-11-7-26(24-23-11)20(36(31,32)33)13-10-37-15-4-2-1-3-12(13)15/h1-7,10,14,17-20,28-29H,8-9H2,(H,22,27,30)(H2,31,32,33)/t14-,17-,18-,19-,20?/m1/s1. The van der Waals surface area contributed by atoms with Crippen molar-refractivity contribution >= 4 is 29.0 Å². The monoisotopic (exact) mass is 551 g/mol. The summed E-state index contributed by atoms with van der Waals surface area (Å²) >= 11 is 1.36. The minimum atomic E-state index is -4.68. The summed E-state index contributed by atoms with van der Waals surface area (Å²) in [7, 11) is -4.68. The molecule has 1 fully saturated rings. The second-order valence-electron chi connectivity index (χ2n) is 8.42. The van der Waals surface area contributed by atoms with E-state index in [9.17, 15) is 34.2 Å². The molecule has 196 valence electrons. The molecule has 1 aliphatic heterocycles. The number of benzene rings is 1. The Balaban J connectivity index is 1.27. The van der Waals surface area contributed by atoms with Crippen molar-refractivity contribution in [2.75, 3.05) is 6.61 Å². The van der Waals surface area contributed by atoms with Crippen molar-refractivity contribution in [2.45, 2.75) is 36.9 Å². The Morgan fingerprint density at radius 2 is 1.97 bits per heavy atom. The van der Waals surface area contributed by atoms with Crippen LogP contribution in [0.5, 0.6) is 0 Å². The SMILES string of the molecule is O=c1ccn([C@@H]2O[C@H](COCc3cn(C(c4csc5ccccc45)P(=O)(O)O)nn3)[C@@H](O)[C@H]2O)c(=O)[nH]1. The summed E-state index contributed by atoms with van der Waals surface area (Å²) in [5.74, 6) is -1.38. The molecular formula is C21H22N5O9PS. The normalized spacial score (nSPS) is 23.0. The molecule has 0 aliphatic carbocycles. The first kappa shape index (κ1) is 25.6. The number of nitrogens with zero attached hydrogens (tertiary/aromatic N) is 4. The van der Waals surface area contributed by atoms with Gasteiger partial charge in [0, 0.05) is 22.5 Å². The minimum Gasteiger partial charge on any atom is -0.387 e. The summed E-state index contributed by atoms with van der Waals surface area (Å²) in [6.07, 6.45) is -2.57. The van der Waals surface area contributed by atoms with Crippen LogP contribution in [0.2, 0.25) is 0 Å². The molecule has 16 heteroatoms. The lowest BCUT2D eigenvalue weighted by Crippen LogP contribution is -2.37. The Morgan fingerprint density at radius 1 is 1.19 bits per heavy atom. The third-order valence-corrected chi connectivity index (χ3v) is 8.04. The summed E-state index contributed by atoms with van der Waals surface area (Å²) in [5, 5.41) is 30.9. The number of H-pyrrole nitrogens is 1. The van der Waals surface area contributed by atoms with Gasteiger partial charge in [-0.2, -0.15) is 0 Å². The predicted molar refractivity (Wildman–Crippen MR) is 129 cm³/mol. The predicted octanol–water partition coefficient (Wildman–Crippen LogP) is -0.0966. The van der Waals surface area contributed by atoms with Crippen molar-refractivity contribution in [1.29, 1.82) is 0 Å². The van der Waals surface area contributed by atoms with Crippen molar-refractivity contribution in [2.24, 2.45) is 0 Å². The fourth-order valence-corrected chi connectivity index (χ4v) is 6.26. The van der Waals surface area contributed by atoms with Crippen molar-refractivity contribution in [1.82, 2.24) is 24.5 Å². The molecule has 5 rings (SSSR count). The van der Waals surface area contributed by atoms with Crippen LogP contribution in [0.25, 0.3) is 10.1 Å². The van der Waals surface area contributed by atoms with Crippen molar-refractivity contribution in [3.05, 3.63) is 80.2 Å². The van der Waals surface area contributed by atoms with E-state index in [1.807, 2.05) is 17.1 Å². The molecule has 0 radical (unpaired) electrons. The van der Waals surface area contributed by atoms with Crippen LogP contribution in [0, 0.1) is 0 Å². The number of aromatic amines is 1. The van der Waals surface area contributed by atoms with E-state index in [1.165, 1.54) is 17.5 Å². The van der Waals surface area contributed by atoms with Gasteiger partial charge in [-0.1, -0.05) is 23.4 Å². The second kappa shape index (κ2) is 10.0. The Hall–Kier alpha value is -3.01. The molecule has 1 saturated heterocycles. The average Bonchev–Trinajstić information content (AvgIpc) is 3.54. The van der Waals surface area contributed by atoms with E-state index in [4.69, 9.17) is 9.47 Å². The number of aliphatic hydroxyl groups is 2. The second-order valence-corrected chi connectivity index (χ2v) is 11.0. The third-order valence-electron chi connectivity index (χ3n) is 5.91. The highest BCUT2D eigenvalue weighted by Gasteiger charge is 2.44. The number of fused-ring (bicyclic) bond motifs is 1. The topological polar surface area (TPSA) is 202 Å². The molecule has 1 aromatic carbocycles. The lowest BCUT2D eigenvalue weighted by Gasteiger charge is -2.18. The first-order valence-electron chi connectivity index (χ1n) is 11.0. The Bertz CT molecular complexity index is 1580. The highest BCUT2D eigenvalue weighted by atomic mass is 32.1. The van der Waals surface area contributed by atoms with Crippen molar-refractivity contribution in [3.8, 4) is 0 Å². The van der Waals surface area contributed by atoms with Gasteiger partial charge in [0.15, 0.2) is 12.0 Å². The van der Waals surface area contributed by atoms with E-state index in [1.54, 1.807) is 17.5 Å². The van der Waals surface area contributed by atoms with Gasteiger partial charge in [-0.25, -0.2) is 9.48 Å². The summed E-state index contributed by atoms with van der Waals surface area (Å²) in [5.41, 5.74) is -0.735. The highest BCUT2D eigenvalue weighted by Crippen LogP contribution is 2.54. The zero-order chi connectivity index (χ0) is 26.3. The number of nitrogens with one attached hydrogen (secondary N) is 1. The minimum absolute atomic E-state index is 0.135. The quantitative estimate of drug-likeness (QED) is 0.183. The van der Waals surface area contributed by atoms with Gasteiger partial charge in [-0.05, 0) is 16.8 Å². The van der Waals surface area contributed by atoms with Crippen LogP contribution in [0.4, 0.5) is 0 Å². The smallest absolute Gasteiger partial charge is 0.354 e. The highest BCUT2D eigenvalue weighted by molar-refractivity contribution is 7.52. The van der Waals surface area contributed by atoms with Gasteiger partial charge >= 0.3 is 13.3 Å². The molecule has 0 saturated carbocycles. The number of hydrogen-bond donors (Lipinski definition) is 5. The lowest BCUT2D eigenvalue weighted by atomic mass is 10.1. The Kier molecular flexibility index (Phi) is 6.95. The summed E-state index contributed by atoms with van der Waals surface area (Å²) < 4.78 is 26.4. The maximum absolute atomic E-state index is 12.4. The molecule has 5 atom stereocenters. The first-order chi connectivity index (χ1) is 17.6. The molecule has 14 nitrogen and oxygen atoms in total. The molecule has 5 N–H and O–H groups in total. The molecule has 1 aliphatic rings. The van der Waals surface area contributed by atoms with Gasteiger partial charge < -0.3 is 29.5 Å². The molecule has 0 bridgehead atoms. The lowest BCUT2D eigenvalue weighted by molar-refractivity contribution is -0.0714. The first-order valence-corrected chi connectivity index (χ1v) is 13.5. The van der Waals surface area contributed by atoms with Crippen LogP contribution in [-0.2, 0) is 20.6 Å². The average molecular weight is 551 g/mol. The van der Waals surface area contributed by atoms with Crippen LogP contribution >= 0.6 is 18.9 Å². The molecule has 37 heavy (non-hydrogen) atoms. The van der Waals surface area contributed by atoms with E-state index in [0.717, 1.165) is 26.2 Å². The van der Waals surface area contributed by atoms with E-state index in [-0.39, 0.29) is 18.9 Å². The van der Waals surface area contributed by atoms with E-state index in [2.05, 4.69) is 10.3 Å². The number of aromatic nitrogens is 5. The van der Waals surface area contributed by atoms with Crippen LogP contribution < -0.4 is 11.2 Å². The number of hydrogen-bond acceptors (Lipinski definition) is 10. The van der Waals surface area contributed by atoms with Gasteiger partial charge in [-0.3, -0.25) is 18.9 Å². The van der Waals surface area contributed by atoms with Crippen LogP contribution in [0.1, 0.15) is 23.3 Å². The molecule has 0 spiro atoms. The van der Waals surface area contributed by atoms with Gasteiger partial charge in [0.25, 0.3) is 5.56 Å². The zero-order valence-electron chi connectivity index (χ0n) is 18.9. The summed E-state index contributed by atoms with van der Waals surface area (Å²) in [4.78, 5) is 45.5. The number of rotatable bonds is 8. The summed E-state index contributed by atoms with van der Waals surface area (Å²) in [6.45, 7) is -0.332. The fraction of sp³-hybridized carbons (Fsp3) is 0.333. The maximum Gasteiger partial charge on any atom is 0.354 e. The van der Waals surface area contributed by atoms with E-state index in [0.29, 0.717) is 10.9 Å². The van der Waals surface area contributed by atoms with E-state index < -0.39 is 49.2 Å². The number of ether oxygens (including phenoxy) is 2. The largest absolute Gasteiger partial charge is 0.387 e. The van der Waals surface area contributed by atoms with Gasteiger partial charge in [-0.15, -0.1) is 16.4 Å². The Labute approximate surface area is 211 Å².